The van der Waals surface area contributed by atoms with Gasteiger partial charge in [0, 0.05) is 36.5 Å². The molecule has 1 unspecified atom stereocenters. The highest BCUT2D eigenvalue weighted by Crippen LogP contribution is 2.26. The number of nitrogens with one attached hydrogen (secondary N) is 1. The Kier molecular flexibility index (Phi) is 5.39. The summed E-state index contributed by atoms with van der Waals surface area (Å²) < 4.78 is 5.66. The normalized spacial score (nSPS) is 24.8. The van der Waals surface area contributed by atoms with E-state index < -0.39 is 0 Å². The standard InChI is InChI=1S/C15H26N2OS/c1-4-16-10-13-6-7-14(19-13)11-17-9-5-8-15(2,12-17)18-3/h6-7,16H,4-5,8-12H2,1-3H3. The Labute approximate surface area is 121 Å². The molecule has 0 aliphatic carbocycles. The smallest absolute Gasteiger partial charge is 0.0777 e. The molecule has 1 saturated heterocycles. The van der Waals surface area contributed by atoms with Gasteiger partial charge in [-0.2, -0.15) is 0 Å². The van der Waals surface area contributed by atoms with Crippen molar-refractivity contribution in [2.24, 2.45) is 0 Å². The fourth-order valence-electron chi connectivity index (χ4n) is 2.68. The molecule has 1 fully saturated rings. The molecule has 1 aliphatic heterocycles. The minimum atomic E-state index is 0.0438. The minimum absolute atomic E-state index is 0.0438. The third-order valence-electron chi connectivity index (χ3n) is 3.88. The Hall–Kier alpha value is -0.420. The number of nitrogens with zero attached hydrogens (tertiary/aromatic N) is 1. The maximum Gasteiger partial charge on any atom is 0.0777 e. The van der Waals surface area contributed by atoms with Crippen LogP contribution < -0.4 is 5.32 Å². The summed E-state index contributed by atoms with van der Waals surface area (Å²) in [6.45, 7) is 9.71. The Morgan fingerprint density at radius 2 is 2.21 bits per heavy atom. The third kappa shape index (κ3) is 4.28. The fourth-order valence-corrected chi connectivity index (χ4v) is 3.71. The number of ether oxygens (including phenoxy) is 1. The van der Waals surface area contributed by atoms with Gasteiger partial charge in [0.05, 0.1) is 5.60 Å². The number of likely N-dealkylation sites (tertiary alicyclic amines) is 1. The maximum absolute atomic E-state index is 5.66. The van der Waals surface area contributed by atoms with E-state index in [0.29, 0.717) is 0 Å². The molecule has 0 spiro atoms. The molecule has 19 heavy (non-hydrogen) atoms. The molecular formula is C15H26N2OS. The fraction of sp³-hybridized carbons (Fsp3) is 0.733. The van der Waals surface area contributed by atoms with Crippen molar-refractivity contribution in [3.63, 3.8) is 0 Å². The Morgan fingerprint density at radius 1 is 1.42 bits per heavy atom. The second kappa shape index (κ2) is 6.84. The van der Waals surface area contributed by atoms with Gasteiger partial charge < -0.3 is 10.1 Å². The van der Waals surface area contributed by atoms with Gasteiger partial charge in [-0.1, -0.05) is 6.92 Å². The van der Waals surface area contributed by atoms with Crippen molar-refractivity contribution in [2.75, 3.05) is 26.7 Å². The Balaban J connectivity index is 1.88. The molecule has 1 N–H and O–H groups in total. The maximum atomic E-state index is 5.66. The monoisotopic (exact) mass is 282 g/mol. The van der Waals surface area contributed by atoms with Crippen molar-refractivity contribution in [3.05, 3.63) is 21.9 Å². The van der Waals surface area contributed by atoms with Crippen LogP contribution in [0, 0.1) is 0 Å². The molecule has 1 aromatic rings. The lowest BCUT2D eigenvalue weighted by molar-refractivity contribution is -0.0524. The highest BCUT2D eigenvalue weighted by Gasteiger charge is 2.30. The molecule has 4 heteroatoms. The zero-order chi connectivity index (χ0) is 13.7. The average molecular weight is 282 g/mol. The first-order valence-electron chi connectivity index (χ1n) is 7.21. The van der Waals surface area contributed by atoms with Crippen molar-refractivity contribution in [2.45, 2.75) is 45.4 Å². The molecule has 108 valence electrons. The molecule has 0 amide bonds. The third-order valence-corrected chi connectivity index (χ3v) is 4.95. The van der Waals surface area contributed by atoms with E-state index in [4.69, 9.17) is 4.74 Å². The minimum Gasteiger partial charge on any atom is -0.377 e. The summed E-state index contributed by atoms with van der Waals surface area (Å²) in [6, 6.07) is 4.53. The second-order valence-corrected chi connectivity index (χ2v) is 6.87. The molecule has 1 aliphatic rings. The van der Waals surface area contributed by atoms with Gasteiger partial charge in [0.15, 0.2) is 0 Å². The molecule has 2 rings (SSSR count). The lowest BCUT2D eigenvalue weighted by Crippen LogP contribution is -2.46. The molecule has 0 aromatic carbocycles. The van der Waals surface area contributed by atoms with Crippen LogP contribution in [-0.2, 0) is 17.8 Å². The number of methoxy groups -OCH3 is 1. The zero-order valence-corrected chi connectivity index (χ0v) is 13.2. The summed E-state index contributed by atoms with van der Waals surface area (Å²) in [5.41, 5.74) is 0.0438. The Morgan fingerprint density at radius 3 is 2.95 bits per heavy atom. The van der Waals surface area contributed by atoms with Gasteiger partial charge >= 0.3 is 0 Å². The SMILES string of the molecule is CCNCc1ccc(CN2CCCC(C)(OC)C2)s1. The van der Waals surface area contributed by atoms with E-state index in [2.05, 4.69) is 36.2 Å². The van der Waals surface area contributed by atoms with Gasteiger partial charge in [-0.25, -0.2) is 0 Å². The Bertz CT molecular complexity index is 393. The van der Waals surface area contributed by atoms with Crippen molar-refractivity contribution in [1.82, 2.24) is 10.2 Å². The predicted molar refractivity (Wildman–Crippen MR) is 81.6 cm³/mol. The first kappa shape index (κ1) is 15.0. The van der Waals surface area contributed by atoms with Gasteiger partial charge in [0.2, 0.25) is 0 Å². The summed E-state index contributed by atoms with van der Waals surface area (Å²) in [4.78, 5) is 5.42. The molecular weight excluding hydrogens is 256 g/mol. The lowest BCUT2D eigenvalue weighted by atomic mass is 9.95. The van der Waals surface area contributed by atoms with Gasteiger partial charge in [0.1, 0.15) is 0 Å². The average Bonchev–Trinajstić information content (AvgIpc) is 2.84. The van der Waals surface area contributed by atoms with Crippen LogP contribution in [0.25, 0.3) is 0 Å². The highest BCUT2D eigenvalue weighted by atomic mass is 32.1. The van der Waals surface area contributed by atoms with Crippen LogP contribution in [0.5, 0.6) is 0 Å². The van der Waals surface area contributed by atoms with E-state index in [1.54, 1.807) is 0 Å². The number of rotatable bonds is 6. The first-order chi connectivity index (χ1) is 9.15. The number of piperidine rings is 1. The topological polar surface area (TPSA) is 24.5 Å². The van der Waals surface area contributed by atoms with E-state index in [1.165, 1.54) is 29.1 Å². The van der Waals surface area contributed by atoms with Crippen LogP contribution in [0.3, 0.4) is 0 Å². The van der Waals surface area contributed by atoms with Gasteiger partial charge in [-0.15, -0.1) is 11.3 Å². The molecule has 3 nitrogen and oxygen atoms in total. The van der Waals surface area contributed by atoms with Crippen LogP contribution in [0.2, 0.25) is 0 Å². The van der Waals surface area contributed by atoms with Gasteiger partial charge in [0.25, 0.3) is 0 Å². The van der Waals surface area contributed by atoms with E-state index in [-0.39, 0.29) is 5.60 Å². The van der Waals surface area contributed by atoms with E-state index in [0.717, 1.165) is 26.2 Å². The van der Waals surface area contributed by atoms with Crippen molar-refractivity contribution >= 4 is 11.3 Å². The van der Waals surface area contributed by atoms with E-state index in [1.807, 2.05) is 18.4 Å². The number of hydrogen-bond acceptors (Lipinski definition) is 4. The van der Waals surface area contributed by atoms with Crippen LogP contribution in [0.1, 0.15) is 36.4 Å². The van der Waals surface area contributed by atoms with Crippen LogP contribution >= 0.6 is 11.3 Å². The van der Waals surface area contributed by atoms with Crippen LogP contribution in [0.15, 0.2) is 12.1 Å². The summed E-state index contributed by atoms with van der Waals surface area (Å²) in [5.74, 6) is 0. The van der Waals surface area contributed by atoms with E-state index >= 15 is 0 Å². The van der Waals surface area contributed by atoms with Crippen LogP contribution in [0.4, 0.5) is 0 Å². The van der Waals surface area contributed by atoms with Crippen molar-refractivity contribution in [1.29, 1.82) is 0 Å². The summed E-state index contributed by atoms with van der Waals surface area (Å²) in [6.07, 6.45) is 2.41. The van der Waals surface area contributed by atoms with Crippen LogP contribution in [-0.4, -0.2) is 37.2 Å². The summed E-state index contributed by atoms with van der Waals surface area (Å²) >= 11 is 1.93. The summed E-state index contributed by atoms with van der Waals surface area (Å²) in [7, 11) is 1.84. The lowest BCUT2D eigenvalue weighted by Gasteiger charge is -2.39. The van der Waals surface area contributed by atoms with Gasteiger partial charge in [-0.05, 0) is 45.0 Å². The molecule has 2 heterocycles. The van der Waals surface area contributed by atoms with Crippen molar-refractivity contribution in [3.8, 4) is 0 Å². The molecule has 0 radical (unpaired) electrons. The molecule has 0 saturated carbocycles. The summed E-state index contributed by atoms with van der Waals surface area (Å²) in [5, 5.41) is 3.38. The molecule has 1 atom stereocenters. The highest BCUT2D eigenvalue weighted by molar-refractivity contribution is 7.11. The molecule has 0 bridgehead atoms. The quantitative estimate of drug-likeness (QED) is 0.868. The van der Waals surface area contributed by atoms with E-state index in [9.17, 15) is 0 Å². The zero-order valence-electron chi connectivity index (χ0n) is 12.4. The number of thiophene rings is 1. The predicted octanol–water partition coefficient (Wildman–Crippen LogP) is 2.86. The van der Waals surface area contributed by atoms with Crippen molar-refractivity contribution < 1.29 is 4.74 Å². The largest absolute Gasteiger partial charge is 0.377 e. The number of hydrogen-bond donors (Lipinski definition) is 1. The molecule has 1 aromatic heterocycles. The second-order valence-electron chi connectivity index (χ2n) is 5.62. The van der Waals surface area contributed by atoms with Gasteiger partial charge in [-0.3, -0.25) is 4.90 Å². The first-order valence-corrected chi connectivity index (χ1v) is 8.02.